The van der Waals surface area contributed by atoms with Crippen LogP contribution in [0.5, 0.6) is 0 Å². The fourth-order valence-electron chi connectivity index (χ4n) is 3.21. The van der Waals surface area contributed by atoms with Gasteiger partial charge in [-0.25, -0.2) is 9.37 Å². The number of hydrogen-bond donors (Lipinski definition) is 1. The third-order valence-corrected chi connectivity index (χ3v) is 5.38. The van der Waals surface area contributed by atoms with Crippen molar-refractivity contribution >= 4 is 23.0 Å². The van der Waals surface area contributed by atoms with E-state index in [4.69, 9.17) is 0 Å². The first-order valence-electron chi connectivity index (χ1n) is 8.33. The zero-order chi connectivity index (χ0) is 19.0. The van der Waals surface area contributed by atoms with Gasteiger partial charge in [0.25, 0.3) is 5.91 Å². The normalized spacial score (nSPS) is 17.3. The lowest BCUT2D eigenvalue weighted by Gasteiger charge is -2.26. The Morgan fingerprint density at radius 1 is 1.31 bits per heavy atom. The number of rotatable bonds is 5. The summed E-state index contributed by atoms with van der Waals surface area (Å²) < 4.78 is 13.3. The minimum absolute atomic E-state index is 0.0295. The Morgan fingerprint density at radius 2 is 1.96 bits per heavy atom. The van der Waals surface area contributed by atoms with Crippen molar-refractivity contribution in [2.75, 3.05) is 6.54 Å². The van der Waals surface area contributed by atoms with Crippen LogP contribution in [-0.2, 0) is 4.79 Å². The number of aryl methyl sites for hydroxylation is 2. The Kier molecular flexibility index (Phi) is 4.91. The molecule has 1 amide bonds. The number of halogens is 1. The quantitative estimate of drug-likeness (QED) is 0.806. The molecule has 1 aromatic heterocycles. The number of carbonyl (C=O) groups excluding carboxylic acids is 2. The largest absolute Gasteiger partial charge is 0.503 e. The van der Waals surface area contributed by atoms with Crippen molar-refractivity contribution in [3.05, 3.63) is 62.6 Å². The molecule has 0 aliphatic carbocycles. The molecule has 1 aliphatic rings. The van der Waals surface area contributed by atoms with Gasteiger partial charge in [-0.15, -0.1) is 11.3 Å². The summed E-state index contributed by atoms with van der Waals surface area (Å²) in [6.07, 6.45) is 0.664. The van der Waals surface area contributed by atoms with E-state index in [-0.39, 0.29) is 5.57 Å². The van der Waals surface area contributed by atoms with Gasteiger partial charge in [-0.05, 0) is 38.0 Å². The Morgan fingerprint density at radius 3 is 2.50 bits per heavy atom. The smallest absolute Gasteiger partial charge is 0.290 e. The van der Waals surface area contributed by atoms with E-state index in [1.165, 1.54) is 40.5 Å². The molecule has 1 N–H and O–H groups in total. The van der Waals surface area contributed by atoms with Gasteiger partial charge < -0.3 is 10.0 Å². The van der Waals surface area contributed by atoms with E-state index in [2.05, 4.69) is 4.98 Å². The Balaban J connectivity index is 2.12. The Labute approximate surface area is 154 Å². The van der Waals surface area contributed by atoms with Crippen LogP contribution in [-0.4, -0.2) is 33.2 Å². The third-order valence-electron chi connectivity index (χ3n) is 4.31. The zero-order valence-corrected chi connectivity index (χ0v) is 15.6. The van der Waals surface area contributed by atoms with Crippen LogP contribution in [0.4, 0.5) is 4.39 Å². The van der Waals surface area contributed by atoms with Crippen molar-refractivity contribution in [3.63, 3.8) is 0 Å². The molecule has 1 unspecified atom stereocenters. The van der Waals surface area contributed by atoms with Gasteiger partial charge in [0, 0.05) is 6.54 Å². The molecule has 0 bridgehead atoms. The molecule has 1 aliphatic heterocycles. The van der Waals surface area contributed by atoms with E-state index in [1.807, 2.05) is 6.92 Å². The maximum absolute atomic E-state index is 13.3. The van der Waals surface area contributed by atoms with E-state index in [0.717, 1.165) is 5.01 Å². The van der Waals surface area contributed by atoms with Crippen LogP contribution < -0.4 is 0 Å². The van der Waals surface area contributed by atoms with E-state index in [9.17, 15) is 19.1 Å². The molecule has 0 saturated carbocycles. The molecule has 0 radical (unpaired) electrons. The van der Waals surface area contributed by atoms with Crippen LogP contribution in [0.2, 0.25) is 0 Å². The number of aliphatic hydroxyl groups excluding tert-OH is 1. The van der Waals surface area contributed by atoms with Crippen LogP contribution in [0.25, 0.3) is 0 Å². The minimum atomic E-state index is -0.739. The number of thiazole rings is 1. The topological polar surface area (TPSA) is 70.5 Å². The second kappa shape index (κ2) is 6.99. The predicted molar refractivity (Wildman–Crippen MR) is 96.7 cm³/mol. The molecule has 0 saturated heterocycles. The van der Waals surface area contributed by atoms with Gasteiger partial charge in [0.15, 0.2) is 5.76 Å². The maximum atomic E-state index is 13.3. The number of aromatic nitrogens is 1. The fourth-order valence-corrected chi connectivity index (χ4v) is 4.09. The summed E-state index contributed by atoms with van der Waals surface area (Å²) in [6, 6.07) is 4.89. The highest BCUT2D eigenvalue weighted by Crippen LogP contribution is 2.40. The lowest BCUT2D eigenvalue weighted by Crippen LogP contribution is -2.31. The monoisotopic (exact) mass is 374 g/mol. The Bertz CT molecular complexity index is 902. The van der Waals surface area contributed by atoms with Gasteiger partial charge in [0.2, 0.25) is 5.78 Å². The number of carbonyl (C=O) groups is 2. The van der Waals surface area contributed by atoms with Crippen molar-refractivity contribution in [1.82, 2.24) is 9.88 Å². The van der Waals surface area contributed by atoms with Crippen molar-refractivity contribution < 1.29 is 19.1 Å². The molecular formula is C19H19FN2O3S. The van der Waals surface area contributed by atoms with Crippen molar-refractivity contribution in [3.8, 4) is 0 Å². The van der Waals surface area contributed by atoms with E-state index >= 15 is 0 Å². The first-order valence-corrected chi connectivity index (χ1v) is 9.15. The molecule has 2 heterocycles. The molecule has 0 fully saturated rings. The maximum Gasteiger partial charge on any atom is 0.290 e. The van der Waals surface area contributed by atoms with Crippen molar-refractivity contribution in [2.24, 2.45) is 0 Å². The Hall–Kier alpha value is -2.54. The molecule has 7 heteroatoms. The SMILES string of the molecule is CCCN1C(=O)C(O)=C(C(=O)c2sc(C)nc2C)C1c1ccc(F)cc1. The second-order valence-electron chi connectivity index (χ2n) is 6.19. The van der Waals surface area contributed by atoms with Gasteiger partial charge in [-0.2, -0.15) is 0 Å². The number of amides is 1. The summed E-state index contributed by atoms with van der Waals surface area (Å²) in [5, 5.41) is 11.2. The highest BCUT2D eigenvalue weighted by molar-refractivity contribution is 7.14. The highest BCUT2D eigenvalue weighted by atomic mass is 32.1. The second-order valence-corrected chi connectivity index (χ2v) is 7.39. The summed E-state index contributed by atoms with van der Waals surface area (Å²) in [5.74, 6) is -1.94. The number of nitrogens with zero attached hydrogens (tertiary/aromatic N) is 2. The van der Waals surface area contributed by atoms with Crippen LogP contribution in [0.15, 0.2) is 35.6 Å². The van der Waals surface area contributed by atoms with E-state index in [1.54, 1.807) is 13.8 Å². The summed E-state index contributed by atoms with van der Waals surface area (Å²) >= 11 is 1.23. The van der Waals surface area contributed by atoms with Crippen LogP contribution >= 0.6 is 11.3 Å². The summed E-state index contributed by atoms with van der Waals surface area (Å²) in [7, 11) is 0. The molecular weight excluding hydrogens is 355 g/mol. The van der Waals surface area contributed by atoms with Gasteiger partial charge in [0.1, 0.15) is 5.82 Å². The molecule has 3 rings (SSSR count). The number of hydrogen-bond acceptors (Lipinski definition) is 5. The lowest BCUT2D eigenvalue weighted by atomic mass is 9.95. The third kappa shape index (κ3) is 3.03. The van der Waals surface area contributed by atoms with Crippen LogP contribution in [0.3, 0.4) is 0 Å². The molecule has 0 spiro atoms. The summed E-state index contributed by atoms with van der Waals surface area (Å²) in [4.78, 5) is 31.8. The number of benzene rings is 1. The van der Waals surface area contributed by atoms with Crippen LogP contribution in [0, 0.1) is 19.7 Å². The van der Waals surface area contributed by atoms with Crippen molar-refractivity contribution in [2.45, 2.75) is 33.2 Å². The van der Waals surface area contributed by atoms with Gasteiger partial charge in [0.05, 0.1) is 27.2 Å². The summed E-state index contributed by atoms with van der Waals surface area (Å²) in [5.41, 5.74) is 1.18. The van der Waals surface area contributed by atoms with E-state index < -0.39 is 29.3 Å². The first-order chi connectivity index (χ1) is 12.3. The molecule has 1 atom stereocenters. The van der Waals surface area contributed by atoms with Gasteiger partial charge in [-0.1, -0.05) is 19.1 Å². The number of Topliss-reactive ketones (excluding diaryl/α,β-unsaturated/α-hetero) is 1. The predicted octanol–water partition coefficient (Wildman–Crippen LogP) is 3.89. The molecule has 136 valence electrons. The molecule has 1 aromatic carbocycles. The highest BCUT2D eigenvalue weighted by Gasteiger charge is 2.44. The standard InChI is InChI=1S/C19H19FN2O3S/c1-4-9-22-15(12-5-7-13(20)8-6-12)14(17(24)19(22)25)16(23)18-10(2)21-11(3)26-18/h5-8,15,24H,4,9H2,1-3H3. The molecule has 5 nitrogen and oxygen atoms in total. The zero-order valence-electron chi connectivity index (χ0n) is 14.7. The fraction of sp³-hybridized carbons (Fsp3) is 0.316. The average molecular weight is 374 g/mol. The molecule has 2 aromatic rings. The molecule has 26 heavy (non-hydrogen) atoms. The lowest BCUT2D eigenvalue weighted by molar-refractivity contribution is -0.129. The number of ketones is 1. The summed E-state index contributed by atoms with van der Waals surface area (Å²) in [6.45, 7) is 5.80. The first kappa shape index (κ1) is 18.3. The van der Waals surface area contributed by atoms with Crippen molar-refractivity contribution in [1.29, 1.82) is 0 Å². The van der Waals surface area contributed by atoms with E-state index in [0.29, 0.717) is 29.1 Å². The average Bonchev–Trinajstić information content (AvgIpc) is 3.06. The number of aliphatic hydroxyl groups is 1. The van der Waals surface area contributed by atoms with Gasteiger partial charge in [-0.3, -0.25) is 9.59 Å². The van der Waals surface area contributed by atoms with Gasteiger partial charge >= 0.3 is 0 Å². The van der Waals surface area contributed by atoms with Crippen LogP contribution in [0.1, 0.15) is 45.3 Å². The minimum Gasteiger partial charge on any atom is -0.503 e.